The zero-order valence-corrected chi connectivity index (χ0v) is 11.6. The number of carbonyl (C=O) groups is 1. The maximum absolute atomic E-state index is 12.2. The van der Waals surface area contributed by atoms with Gasteiger partial charge in [-0.1, -0.05) is 0 Å². The smallest absolute Gasteiger partial charge is 0.251 e. The van der Waals surface area contributed by atoms with Gasteiger partial charge in [0.05, 0.1) is 6.04 Å². The second-order valence-corrected chi connectivity index (χ2v) is 4.44. The van der Waals surface area contributed by atoms with Crippen LogP contribution >= 0.6 is 0 Å². The summed E-state index contributed by atoms with van der Waals surface area (Å²) < 4.78 is 0. The van der Waals surface area contributed by atoms with Gasteiger partial charge in [-0.25, -0.2) is 4.98 Å². The highest BCUT2D eigenvalue weighted by Gasteiger charge is 2.11. The highest BCUT2D eigenvalue weighted by atomic mass is 16.1. The molecule has 1 amide bonds. The lowest BCUT2D eigenvalue weighted by Gasteiger charge is -2.14. The minimum Gasteiger partial charge on any atom is -0.370 e. The summed E-state index contributed by atoms with van der Waals surface area (Å²) in [6.45, 7) is 4.70. The molecule has 0 saturated heterocycles. The summed E-state index contributed by atoms with van der Waals surface area (Å²) in [6, 6.07) is 7.16. The van der Waals surface area contributed by atoms with E-state index in [2.05, 4.69) is 20.6 Å². The van der Waals surface area contributed by atoms with Gasteiger partial charge >= 0.3 is 0 Å². The first-order valence-electron chi connectivity index (χ1n) is 6.61. The first kappa shape index (κ1) is 14.0. The van der Waals surface area contributed by atoms with Crippen LogP contribution in [0.5, 0.6) is 0 Å². The molecule has 0 spiro atoms. The second kappa shape index (κ2) is 6.65. The van der Waals surface area contributed by atoms with Crippen LogP contribution in [0.1, 0.15) is 35.8 Å². The summed E-state index contributed by atoms with van der Waals surface area (Å²) in [5.74, 6) is 0.590. The molecule has 0 radical (unpaired) electrons. The third-order valence-corrected chi connectivity index (χ3v) is 2.93. The summed E-state index contributed by atoms with van der Waals surface area (Å²) >= 11 is 0. The van der Waals surface area contributed by atoms with E-state index in [4.69, 9.17) is 0 Å². The summed E-state index contributed by atoms with van der Waals surface area (Å²) in [5.41, 5.74) is 1.62. The van der Waals surface area contributed by atoms with Crippen LogP contribution in [0.25, 0.3) is 0 Å². The predicted molar refractivity (Wildman–Crippen MR) is 78.5 cm³/mol. The van der Waals surface area contributed by atoms with Crippen molar-refractivity contribution in [1.82, 2.24) is 15.3 Å². The number of anilines is 1. The number of hydrogen-bond donors (Lipinski definition) is 2. The molecule has 0 aliphatic heterocycles. The van der Waals surface area contributed by atoms with Crippen molar-refractivity contribution in [1.29, 1.82) is 0 Å². The molecule has 2 heterocycles. The molecule has 0 aliphatic carbocycles. The molecule has 5 heteroatoms. The lowest BCUT2D eigenvalue weighted by molar-refractivity contribution is 0.0940. The maximum atomic E-state index is 12.2. The number of amides is 1. The van der Waals surface area contributed by atoms with Crippen LogP contribution in [-0.4, -0.2) is 22.4 Å². The summed E-state index contributed by atoms with van der Waals surface area (Å²) in [6.07, 6.45) is 5.06. The van der Waals surface area contributed by atoms with Crippen LogP contribution in [0, 0.1) is 0 Å². The largest absolute Gasteiger partial charge is 0.370 e. The molecule has 2 N–H and O–H groups in total. The topological polar surface area (TPSA) is 66.9 Å². The molecule has 2 aromatic rings. The van der Waals surface area contributed by atoms with E-state index in [0.29, 0.717) is 11.4 Å². The molecule has 0 bridgehead atoms. The minimum atomic E-state index is -0.115. The van der Waals surface area contributed by atoms with Gasteiger partial charge in [-0.2, -0.15) is 0 Å². The molecular formula is C15H18N4O. The van der Waals surface area contributed by atoms with Crippen molar-refractivity contribution >= 4 is 11.7 Å². The Hall–Kier alpha value is -2.43. The van der Waals surface area contributed by atoms with Crippen molar-refractivity contribution in [2.45, 2.75) is 19.9 Å². The monoisotopic (exact) mass is 270 g/mol. The summed E-state index contributed by atoms with van der Waals surface area (Å²) in [7, 11) is 0. The third-order valence-electron chi connectivity index (χ3n) is 2.93. The van der Waals surface area contributed by atoms with Crippen LogP contribution in [0.3, 0.4) is 0 Å². The molecule has 0 aromatic carbocycles. The Balaban J connectivity index is 2.06. The van der Waals surface area contributed by atoms with Gasteiger partial charge in [0.2, 0.25) is 0 Å². The van der Waals surface area contributed by atoms with Crippen LogP contribution < -0.4 is 10.6 Å². The summed E-state index contributed by atoms with van der Waals surface area (Å²) in [4.78, 5) is 20.3. The molecular weight excluding hydrogens is 252 g/mol. The van der Waals surface area contributed by atoms with Gasteiger partial charge in [0.1, 0.15) is 5.82 Å². The van der Waals surface area contributed by atoms with E-state index in [-0.39, 0.29) is 11.9 Å². The quantitative estimate of drug-likeness (QED) is 0.875. The lowest BCUT2D eigenvalue weighted by atomic mass is 10.1. The molecule has 0 aliphatic rings. The van der Waals surface area contributed by atoms with Crippen molar-refractivity contribution in [3.05, 3.63) is 54.0 Å². The Morgan fingerprint density at radius 3 is 2.70 bits per heavy atom. The van der Waals surface area contributed by atoms with Crippen LogP contribution in [0.4, 0.5) is 5.82 Å². The molecule has 0 saturated carbocycles. The molecule has 0 fully saturated rings. The van der Waals surface area contributed by atoms with Gasteiger partial charge in [-0.3, -0.25) is 9.78 Å². The Morgan fingerprint density at radius 1 is 1.25 bits per heavy atom. The van der Waals surface area contributed by atoms with Gasteiger partial charge in [0, 0.05) is 30.7 Å². The molecule has 1 atom stereocenters. The first-order chi connectivity index (χ1) is 9.70. The Kier molecular flexibility index (Phi) is 4.65. The van der Waals surface area contributed by atoms with Crippen molar-refractivity contribution in [2.75, 3.05) is 11.9 Å². The third kappa shape index (κ3) is 3.54. The number of nitrogens with one attached hydrogen (secondary N) is 2. The van der Waals surface area contributed by atoms with Crippen molar-refractivity contribution in [3.63, 3.8) is 0 Å². The predicted octanol–water partition coefficient (Wildman–Crippen LogP) is 2.40. The fourth-order valence-electron chi connectivity index (χ4n) is 1.87. The van der Waals surface area contributed by atoms with Crippen LogP contribution in [-0.2, 0) is 0 Å². The van der Waals surface area contributed by atoms with Gasteiger partial charge in [-0.15, -0.1) is 0 Å². The normalized spacial score (nSPS) is 11.7. The fourth-order valence-corrected chi connectivity index (χ4v) is 1.87. The highest BCUT2D eigenvalue weighted by molar-refractivity contribution is 5.95. The van der Waals surface area contributed by atoms with Gasteiger partial charge < -0.3 is 10.6 Å². The zero-order valence-electron chi connectivity index (χ0n) is 11.6. The Morgan fingerprint density at radius 2 is 2.00 bits per heavy atom. The van der Waals surface area contributed by atoms with E-state index in [0.717, 1.165) is 12.1 Å². The molecule has 5 nitrogen and oxygen atoms in total. The second-order valence-electron chi connectivity index (χ2n) is 4.44. The number of pyridine rings is 2. The number of aromatic nitrogens is 2. The van der Waals surface area contributed by atoms with E-state index in [1.165, 1.54) is 0 Å². The van der Waals surface area contributed by atoms with E-state index >= 15 is 0 Å². The van der Waals surface area contributed by atoms with Crippen LogP contribution in [0.2, 0.25) is 0 Å². The minimum absolute atomic E-state index is 0.0683. The molecule has 20 heavy (non-hydrogen) atoms. The van der Waals surface area contributed by atoms with Crippen molar-refractivity contribution in [2.24, 2.45) is 0 Å². The molecule has 104 valence electrons. The SMILES string of the molecule is CCNc1cc(C(=O)NC(C)c2ccncc2)ccn1. The number of hydrogen-bond acceptors (Lipinski definition) is 4. The zero-order chi connectivity index (χ0) is 14.4. The molecule has 2 rings (SSSR count). The average Bonchev–Trinajstić information content (AvgIpc) is 2.48. The Labute approximate surface area is 118 Å². The van der Waals surface area contributed by atoms with E-state index in [9.17, 15) is 4.79 Å². The molecule has 1 unspecified atom stereocenters. The van der Waals surface area contributed by atoms with Gasteiger partial charge in [0.25, 0.3) is 5.91 Å². The number of rotatable bonds is 5. The standard InChI is InChI=1S/C15H18N4O/c1-3-17-14-10-13(6-9-18-14)15(20)19-11(2)12-4-7-16-8-5-12/h4-11H,3H2,1-2H3,(H,17,18)(H,19,20). The lowest BCUT2D eigenvalue weighted by Crippen LogP contribution is -2.26. The highest BCUT2D eigenvalue weighted by Crippen LogP contribution is 2.12. The molecule has 2 aromatic heterocycles. The van der Waals surface area contributed by atoms with Gasteiger partial charge in [0.15, 0.2) is 0 Å². The Bertz CT molecular complexity index is 571. The van der Waals surface area contributed by atoms with Crippen molar-refractivity contribution < 1.29 is 4.79 Å². The van der Waals surface area contributed by atoms with E-state index in [1.807, 2.05) is 26.0 Å². The van der Waals surface area contributed by atoms with Crippen molar-refractivity contribution in [3.8, 4) is 0 Å². The summed E-state index contributed by atoms with van der Waals surface area (Å²) in [5, 5.41) is 6.05. The van der Waals surface area contributed by atoms with Gasteiger partial charge in [-0.05, 0) is 43.7 Å². The maximum Gasteiger partial charge on any atom is 0.251 e. The number of nitrogens with zero attached hydrogens (tertiary/aromatic N) is 2. The first-order valence-corrected chi connectivity index (χ1v) is 6.61. The van der Waals surface area contributed by atoms with E-state index in [1.54, 1.807) is 30.7 Å². The number of carbonyl (C=O) groups excluding carboxylic acids is 1. The van der Waals surface area contributed by atoms with Crippen LogP contribution in [0.15, 0.2) is 42.9 Å². The average molecular weight is 270 g/mol. The fraction of sp³-hybridized carbons (Fsp3) is 0.267. The van der Waals surface area contributed by atoms with E-state index < -0.39 is 0 Å².